The molecule has 20 heavy (non-hydrogen) atoms. The molecular weight excluding hydrogens is 295 g/mol. The van der Waals surface area contributed by atoms with E-state index in [4.69, 9.17) is 16.3 Å². The summed E-state index contributed by atoms with van der Waals surface area (Å²) in [5.41, 5.74) is -0.661. The molecule has 0 spiro atoms. The molecule has 1 atom stereocenters. The highest BCUT2D eigenvalue weighted by Crippen LogP contribution is 2.36. The van der Waals surface area contributed by atoms with Gasteiger partial charge in [-0.1, -0.05) is 18.5 Å². The summed E-state index contributed by atoms with van der Waals surface area (Å²) in [6.45, 7) is 3.76. The zero-order valence-electron chi connectivity index (χ0n) is 11.1. The molecule has 1 unspecified atom stereocenters. The van der Waals surface area contributed by atoms with Crippen LogP contribution in [0.3, 0.4) is 0 Å². The fourth-order valence-corrected chi connectivity index (χ4v) is 1.72. The van der Waals surface area contributed by atoms with Crippen LogP contribution in [-0.4, -0.2) is 19.1 Å². The number of nitrogens with one attached hydrogen (secondary N) is 1. The summed E-state index contributed by atoms with van der Waals surface area (Å²) in [6, 6.07) is 3.51. The molecule has 0 saturated carbocycles. The Morgan fingerprint density at radius 3 is 2.65 bits per heavy atom. The van der Waals surface area contributed by atoms with E-state index >= 15 is 0 Å². The van der Waals surface area contributed by atoms with E-state index in [2.05, 4.69) is 5.32 Å². The number of ether oxygens (including phenoxy) is 1. The quantitative estimate of drug-likeness (QED) is 0.836. The highest BCUT2D eigenvalue weighted by Gasteiger charge is 2.33. The summed E-state index contributed by atoms with van der Waals surface area (Å²) < 4.78 is 42.8. The van der Waals surface area contributed by atoms with Crippen molar-refractivity contribution >= 4 is 23.3 Å². The number of esters is 1. The molecule has 0 aromatic heterocycles. The van der Waals surface area contributed by atoms with Crippen LogP contribution < -0.4 is 5.32 Å². The van der Waals surface area contributed by atoms with Crippen LogP contribution in [0.15, 0.2) is 18.2 Å². The first-order valence-electron chi connectivity index (χ1n) is 6.03. The van der Waals surface area contributed by atoms with Gasteiger partial charge in [0.1, 0.15) is 0 Å². The Morgan fingerprint density at radius 2 is 2.10 bits per heavy atom. The van der Waals surface area contributed by atoms with Gasteiger partial charge in [-0.15, -0.1) is 0 Å². The van der Waals surface area contributed by atoms with Crippen LogP contribution in [0, 0.1) is 5.92 Å². The number of carbonyl (C=O) groups excluding carboxylic acids is 1. The fourth-order valence-electron chi connectivity index (χ4n) is 1.49. The first-order valence-corrected chi connectivity index (χ1v) is 6.40. The van der Waals surface area contributed by atoms with E-state index in [1.807, 2.05) is 0 Å². The third kappa shape index (κ3) is 4.59. The van der Waals surface area contributed by atoms with E-state index in [9.17, 15) is 18.0 Å². The zero-order valence-corrected chi connectivity index (χ0v) is 11.8. The number of hydrogen-bond donors (Lipinski definition) is 1. The Morgan fingerprint density at radius 1 is 1.45 bits per heavy atom. The summed E-state index contributed by atoms with van der Waals surface area (Å²) in [5.74, 6) is -0.857. The highest BCUT2D eigenvalue weighted by molar-refractivity contribution is 6.31. The van der Waals surface area contributed by atoms with Gasteiger partial charge in [-0.25, -0.2) is 0 Å². The van der Waals surface area contributed by atoms with Crippen molar-refractivity contribution in [1.29, 1.82) is 0 Å². The molecule has 1 aromatic rings. The average molecular weight is 310 g/mol. The molecule has 0 aliphatic rings. The summed E-state index contributed by atoms with van der Waals surface area (Å²) >= 11 is 5.51. The van der Waals surface area contributed by atoms with Gasteiger partial charge in [0.15, 0.2) is 0 Å². The molecule has 112 valence electrons. The van der Waals surface area contributed by atoms with Crippen LogP contribution >= 0.6 is 11.6 Å². The van der Waals surface area contributed by atoms with E-state index in [1.165, 1.54) is 12.1 Å². The third-order valence-electron chi connectivity index (χ3n) is 2.57. The zero-order chi connectivity index (χ0) is 15.3. The largest absolute Gasteiger partial charge is 0.466 e. The van der Waals surface area contributed by atoms with Gasteiger partial charge in [-0.05, 0) is 25.1 Å². The van der Waals surface area contributed by atoms with Crippen molar-refractivity contribution in [2.24, 2.45) is 5.92 Å². The predicted molar refractivity (Wildman–Crippen MR) is 70.7 cm³/mol. The second-order valence-electron chi connectivity index (χ2n) is 4.23. The summed E-state index contributed by atoms with van der Waals surface area (Å²) in [4.78, 5) is 11.4. The van der Waals surface area contributed by atoms with Crippen LogP contribution in [0.1, 0.15) is 19.4 Å². The Labute approximate surface area is 120 Å². The summed E-state index contributed by atoms with van der Waals surface area (Å²) in [5, 5.41) is 2.40. The maximum absolute atomic E-state index is 12.7. The second kappa shape index (κ2) is 6.83. The Kier molecular flexibility index (Phi) is 5.68. The average Bonchev–Trinajstić information content (AvgIpc) is 2.36. The molecule has 0 saturated heterocycles. The Balaban J connectivity index is 2.72. The lowest BCUT2D eigenvalue weighted by Crippen LogP contribution is -2.22. The minimum Gasteiger partial charge on any atom is -0.466 e. The van der Waals surface area contributed by atoms with Crippen molar-refractivity contribution < 1.29 is 22.7 Å². The molecule has 0 aliphatic carbocycles. The maximum Gasteiger partial charge on any atom is 0.417 e. The van der Waals surface area contributed by atoms with Crippen LogP contribution in [0.4, 0.5) is 18.9 Å². The van der Waals surface area contributed by atoms with E-state index < -0.39 is 23.6 Å². The summed E-state index contributed by atoms with van der Waals surface area (Å²) in [6.07, 6.45) is -4.51. The molecule has 1 N–H and O–H groups in total. The number of hydrogen-bond acceptors (Lipinski definition) is 3. The lowest BCUT2D eigenvalue weighted by Gasteiger charge is -2.15. The van der Waals surface area contributed by atoms with Crippen LogP contribution in [0.25, 0.3) is 0 Å². The van der Waals surface area contributed by atoms with Crippen LogP contribution in [0.2, 0.25) is 5.02 Å². The smallest absolute Gasteiger partial charge is 0.417 e. The topological polar surface area (TPSA) is 38.3 Å². The normalized spacial score (nSPS) is 12.9. The molecule has 0 radical (unpaired) electrons. The Hall–Kier alpha value is -1.43. The van der Waals surface area contributed by atoms with E-state index in [0.29, 0.717) is 0 Å². The van der Waals surface area contributed by atoms with Gasteiger partial charge in [0, 0.05) is 12.2 Å². The van der Waals surface area contributed by atoms with Gasteiger partial charge in [0.2, 0.25) is 0 Å². The molecular formula is C13H15ClF3NO2. The van der Waals surface area contributed by atoms with Gasteiger partial charge < -0.3 is 10.1 Å². The molecule has 0 bridgehead atoms. The van der Waals surface area contributed by atoms with Gasteiger partial charge in [0.25, 0.3) is 0 Å². The van der Waals surface area contributed by atoms with Crippen molar-refractivity contribution in [3.63, 3.8) is 0 Å². The van der Waals surface area contributed by atoms with Crippen molar-refractivity contribution in [2.45, 2.75) is 20.0 Å². The second-order valence-corrected chi connectivity index (χ2v) is 4.63. The van der Waals surface area contributed by atoms with E-state index in [-0.39, 0.29) is 23.9 Å². The van der Waals surface area contributed by atoms with Crippen molar-refractivity contribution in [2.75, 3.05) is 18.5 Å². The SMILES string of the molecule is CCOC(=O)C(C)CNc1ccc(Cl)c(C(F)(F)F)c1. The number of anilines is 1. The summed E-state index contributed by atoms with van der Waals surface area (Å²) in [7, 11) is 0. The maximum atomic E-state index is 12.7. The molecule has 0 heterocycles. The van der Waals surface area contributed by atoms with Crippen LogP contribution in [-0.2, 0) is 15.7 Å². The molecule has 0 amide bonds. The Bertz CT molecular complexity index is 477. The van der Waals surface area contributed by atoms with Crippen molar-refractivity contribution in [3.8, 4) is 0 Å². The number of benzene rings is 1. The lowest BCUT2D eigenvalue weighted by atomic mass is 10.1. The monoisotopic (exact) mass is 309 g/mol. The highest BCUT2D eigenvalue weighted by atomic mass is 35.5. The molecule has 3 nitrogen and oxygen atoms in total. The van der Waals surface area contributed by atoms with E-state index in [1.54, 1.807) is 13.8 Å². The number of rotatable bonds is 5. The van der Waals surface area contributed by atoms with Crippen LogP contribution in [0.5, 0.6) is 0 Å². The van der Waals surface area contributed by atoms with Crippen molar-refractivity contribution in [1.82, 2.24) is 0 Å². The molecule has 1 aromatic carbocycles. The predicted octanol–water partition coefficient (Wildman–Crippen LogP) is 3.97. The lowest BCUT2D eigenvalue weighted by molar-refractivity contribution is -0.146. The third-order valence-corrected chi connectivity index (χ3v) is 2.90. The van der Waals surface area contributed by atoms with Gasteiger partial charge >= 0.3 is 12.1 Å². The first-order chi connectivity index (χ1) is 9.25. The number of carbonyl (C=O) groups is 1. The van der Waals surface area contributed by atoms with Gasteiger partial charge in [-0.3, -0.25) is 4.79 Å². The number of alkyl halides is 3. The van der Waals surface area contributed by atoms with E-state index in [0.717, 1.165) is 6.07 Å². The molecule has 7 heteroatoms. The fraction of sp³-hybridized carbons (Fsp3) is 0.462. The number of halogens is 4. The standard InChI is InChI=1S/C13H15ClF3NO2/c1-3-20-12(19)8(2)7-18-9-4-5-11(14)10(6-9)13(15,16)17/h4-6,8,18H,3,7H2,1-2H3. The minimum atomic E-state index is -4.51. The molecule has 1 rings (SSSR count). The first kappa shape index (κ1) is 16.6. The molecule has 0 aliphatic heterocycles. The molecule has 0 fully saturated rings. The minimum absolute atomic E-state index is 0.178. The van der Waals surface area contributed by atoms with Crippen molar-refractivity contribution in [3.05, 3.63) is 28.8 Å². The van der Waals surface area contributed by atoms with Gasteiger partial charge in [0.05, 0.1) is 23.1 Å². The van der Waals surface area contributed by atoms with Gasteiger partial charge in [-0.2, -0.15) is 13.2 Å².